The lowest BCUT2D eigenvalue weighted by Crippen LogP contribution is -2.48. The molecule has 0 amide bonds. The van der Waals surface area contributed by atoms with Gasteiger partial charge in [0.15, 0.2) is 0 Å². The highest BCUT2D eigenvalue weighted by Gasteiger charge is 2.32. The van der Waals surface area contributed by atoms with Crippen molar-refractivity contribution in [3.8, 4) is 0 Å². The fraction of sp³-hybridized carbons (Fsp3) is 0.333. The predicted octanol–water partition coefficient (Wildman–Crippen LogP) is 2.66. The summed E-state index contributed by atoms with van der Waals surface area (Å²) in [4.78, 5) is 9.40. The fourth-order valence-electron chi connectivity index (χ4n) is 2.56. The Morgan fingerprint density at radius 2 is 1.65 bits per heavy atom. The highest BCUT2D eigenvalue weighted by Crippen LogP contribution is 2.29. The number of anilines is 1. The number of alkyl halides is 3. The Balaban J connectivity index is 1.68. The molecule has 0 radical (unpaired) electrons. The van der Waals surface area contributed by atoms with Gasteiger partial charge in [0.2, 0.25) is 10.0 Å². The molecule has 6 nitrogen and oxygen atoms in total. The number of halogens is 4. The van der Waals surface area contributed by atoms with E-state index >= 15 is 0 Å². The molecular weight excluding hydrogens is 393 g/mol. The van der Waals surface area contributed by atoms with Crippen molar-refractivity contribution >= 4 is 27.4 Å². The van der Waals surface area contributed by atoms with Gasteiger partial charge in [-0.1, -0.05) is 11.6 Å². The molecule has 3 heterocycles. The van der Waals surface area contributed by atoms with Crippen molar-refractivity contribution in [2.45, 2.75) is 11.1 Å². The van der Waals surface area contributed by atoms with Crippen LogP contribution in [-0.4, -0.2) is 48.9 Å². The van der Waals surface area contributed by atoms with Gasteiger partial charge >= 0.3 is 6.18 Å². The third kappa shape index (κ3) is 3.92. The Bertz CT molecular complexity index is 865. The summed E-state index contributed by atoms with van der Waals surface area (Å²) < 4.78 is 64.2. The van der Waals surface area contributed by atoms with Crippen LogP contribution in [0.2, 0.25) is 5.15 Å². The van der Waals surface area contributed by atoms with Gasteiger partial charge in [-0.2, -0.15) is 17.5 Å². The summed E-state index contributed by atoms with van der Waals surface area (Å²) in [5.41, 5.74) is -0.822. The van der Waals surface area contributed by atoms with E-state index in [4.69, 9.17) is 11.6 Å². The fourth-order valence-corrected chi connectivity index (χ4v) is 4.04. The number of hydrogen-bond donors (Lipinski definition) is 0. The lowest BCUT2D eigenvalue weighted by molar-refractivity contribution is -0.137. The Morgan fingerprint density at radius 1 is 0.962 bits per heavy atom. The number of piperazine rings is 1. The normalized spacial score (nSPS) is 16.7. The zero-order valence-electron chi connectivity index (χ0n) is 13.3. The summed E-state index contributed by atoms with van der Waals surface area (Å²) in [7, 11) is -3.69. The summed E-state index contributed by atoms with van der Waals surface area (Å²) >= 11 is 5.67. The van der Waals surface area contributed by atoms with Crippen molar-refractivity contribution in [1.82, 2.24) is 14.3 Å². The first-order chi connectivity index (χ1) is 12.2. The van der Waals surface area contributed by atoms with Gasteiger partial charge in [-0.05, 0) is 24.3 Å². The van der Waals surface area contributed by atoms with E-state index in [1.807, 2.05) is 0 Å². The van der Waals surface area contributed by atoms with E-state index < -0.39 is 21.8 Å². The minimum Gasteiger partial charge on any atom is -0.354 e. The summed E-state index contributed by atoms with van der Waals surface area (Å²) in [5, 5.41) is 0.196. The molecule has 0 spiro atoms. The maximum atomic E-state index is 12.6. The van der Waals surface area contributed by atoms with Gasteiger partial charge in [-0.15, -0.1) is 0 Å². The molecule has 11 heteroatoms. The molecule has 0 bridgehead atoms. The van der Waals surface area contributed by atoms with E-state index in [1.165, 1.54) is 28.7 Å². The van der Waals surface area contributed by atoms with Crippen LogP contribution in [0.4, 0.5) is 19.0 Å². The third-order valence-electron chi connectivity index (χ3n) is 3.98. The Labute approximate surface area is 153 Å². The van der Waals surface area contributed by atoms with Crippen LogP contribution in [0.15, 0.2) is 41.6 Å². The summed E-state index contributed by atoms with van der Waals surface area (Å²) in [6, 6.07) is 5.03. The highest BCUT2D eigenvalue weighted by molar-refractivity contribution is 7.89. The van der Waals surface area contributed by atoms with E-state index in [2.05, 4.69) is 9.97 Å². The quantitative estimate of drug-likeness (QED) is 0.733. The molecule has 0 unspecified atom stereocenters. The van der Waals surface area contributed by atoms with Gasteiger partial charge < -0.3 is 4.90 Å². The van der Waals surface area contributed by atoms with E-state index in [0.29, 0.717) is 18.9 Å². The van der Waals surface area contributed by atoms with Gasteiger partial charge in [-0.3, -0.25) is 0 Å². The summed E-state index contributed by atoms with van der Waals surface area (Å²) in [6.45, 7) is 1.01. The van der Waals surface area contributed by atoms with Crippen LogP contribution in [0.1, 0.15) is 5.56 Å². The lowest BCUT2D eigenvalue weighted by atomic mass is 10.2. The van der Waals surface area contributed by atoms with Crippen LogP contribution in [0.5, 0.6) is 0 Å². The van der Waals surface area contributed by atoms with Crippen LogP contribution >= 0.6 is 11.6 Å². The minimum absolute atomic E-state index is 0.0444. The number of rotatable bonds is 3. The highest BCUT2D eigenvalue weighted by atomic mass is 35.5. The zero-order valence-corrected chi connectivity index (χ0v) is 14.9. The smallest absolute Gasteiger partial charge is 0.354 e. The van der Waals surface area contributed by atoms with Gasteiger partial charge in [0, 0.05) is 38.6 Å². The average Bonchev–Trinajstić information content (AvgIpc) is 2.62. The van der Waals surface area contributed by atoms with Crippen LogP contribution in [-0.2, 0) is 16.2 Å². The Kier molecular flexibility index (Phi) is 5.09. The van der Waals surface area contributed by atoms with Crippen molar-refractivity contribution < 1.29 is 21.6 Å². The topological polar surface area (TPSA) is 66.4 Å². The molecule has 0 N–H and O–H groups in total. The van der Waals surface area contributed by atoms with Crippen molar-refractivity contribution in [3.63, 3.8) is 0 Å². The molecule has 1 fully saturated rings. The number of pyridine rings is 2. The lowest BCUT2D eigenvalue weighted by Gasteiger charge is -2.34. The van der Waals surface area contributed by atoms with Crippen LogP contribution in [0.25, 0.3) is 0 Å². The number of sulfonamides is 1. The second-order valence-electron chi connectivity index (χ2n) is 5.61. The largest absolute Gasteiger partial charge is 0.417 e. The molecule has 140 valence electrons. The first kappa shape index (κ1) is 18.9. The van der Waals surface area contributed by atoms with Gasteiger partial charge in [-0.25, -0.2) is 18.4 Å². The van der Waals surface area contributed by atoms with Crippen molar-refractivity contribution in [1.29, 1.82) is 0 Å². The molecule has 26 heavy (non-hydrogen) atoms. The van der Waals surface area contributed by atoms with Crippen LogP contribution in [0.3, 0.4) is 0 Å². The Hall–Kier alpha value is -1.91. The summed E-state index contributed by atoms with van der Waals surface area (Å²) in [6.07, 6.45) is -2.47. The molecule has 0 saturated carbocycles. The van der Waals surface area contributed by atoms with Crippen molar-refractivity contribution in [2.24, 2.45) is 0 Å². The Morgan fingerprint density at radius 3 is 2.15 bits per heavy atom. The third-order valence-corrected chi connectivity index (χ3v) is 6.08. The van der Waals surface area contributed by atoms with Gasteiger partial charge in [0.25, 0.3) is 0 Å². The van der Waals surface area contributed by atoms with Gasteiger partial charge in [0.05, 0.1) is 5.56 Å². The molecule has 2 aromatic heterocycles. The number of aromatic nitrogens is 2. The second-order valence-corrected chi connectivity index (χ2v) is 7.94. The maximum Gasteiger partial charge on any atom is 0.417 e. The minimum atomic E-state index is -4.44. The first-order valence-electron chi connectivity index (χ1n) is 7.58. The molecule has 0 aromatic carbocycles. The van der Waals surface area contributed by atoms with Crippen LogP contribution in [0, 0.1) is 0 Å². The molecule has 3 rings (SSSR count). The molecule has 1 aliphatic heterocycles. The standard InChI is InChI=1S/C15H14ClF3N4O2S/c16-13-3-2-12(10-20-13)26(24,25)23-7-5-22(6-8-23)14-4-1-11(9-21-14)15(17,18)19/h1-4,9-10H,5-8H2. The maximum absolute atomic E-state index is 12.6. The molecule has 0 atom stereocenters. The molecule has 0 aliphatic carbocycles. The predicted molar refractivity (Wildman–Crippen MR) is 89.5 cm³/mol. The van der Waals surface area contributed by atoms with Crippen molar-refractivity contribution in [2.75, 3.05) is 31.1 Å². The molecule has 1 aliphatic rings. The van der Waals surface area contributed by atoms with Crippen LogP contribution < -0.4 is 4.90 Å². The zero-order chi connectivity index (χ0) is 18.9. The summed E-state index contributed by atoms with van der Waals surface area (Å²) in [5.74, 6) is 0.378. The van der Waals surface area contributed by atoms with Gasteiger partial charge in [0.1, 0.15) is 15.9 Å². The molecular formula is C15H14ClF3N4O2S. The van der Waals surface area contributed by atoms with E-state index in [9.17, 15) is 21.6 Å². The second kappa shape index (κ2) is 7.01. The monoisotopic (exact) mass is 406 g/mol. The van der Waals surface area contributed by atoms with Crippen molar-refractivity contribution in [3.05, 3.63) is 47.4 Å². The first-order valence-corrected chi connectivity index (χ1v) is 9.39. The SMILES string of the molecule is O=S(=O)(c1ccc(Cl)nc1)N1CCN(c2ccc(C(F)(F)F)cn2)CC1. The molecule has 1 saturated heterocycles. The number of hydrogen-bond acceptors (Lipinski definition) is 5. The van der Waals surface area contributed by atoms with E-state index in [1.54, 1.807) is 4.90 Å². The van der Waals surface area contributed by atoms with E-state index in [0.717, 1.165) is 12.3 Å². The average molecular weight is 407 g/mol. The molecule has 2 aromatic rings. The number of nitrogens with zero attached hydrogens (tertiary/aromatic N) is 4. The van der Waals surface area contributed by atoms with E-state index in [-0.39, 0.29) is 23.1 Å².